The molecule has 1 aromatic carbocycles. The number of rotatable bonds is 2. The van der Waals surface area contributed by atoms with Crippen LogP contribution in [0.4, 0.5) is 0 Å². The first-order chi connectivity index (χ1) is 9.81. The highest BCUT2D eigenvalue weighted by Crippen LogP contribution is 2.41. The molecule has 1 heteroatoms. The second-order valence-electron chi connectivity index (χ2n) is 7.48. The summed E-state index contributed by atoms with van der Waals surface area (Å²) in [4.78, 5) is 0. The number of nitrogens with one attached hydrogen (secondary N) is 1. The Morgan fingerprint density at radius 3 is 2.10 bits per heavy atom. The molecule has 1 N–H and O–H groups in total. The maximum absolute atomic E-state index is 4.10. The largest absolute Gasteiger partial charge is 0.310 e. The van der Waals surface area contributed by atoms with Crippen molar-refractivity contribution in [3.63, 3.8) is 0 Å². The summed E-state index contributed by atoms with van der Waals surface area (Å²) < 4.78 is 0. The summed E-state index contributed by atoms with van der Waals surface area (Å²) >= 11 is 0. The van der Waals surface area contributed by atoms with Gasteiger partial charge in [0, 0.05) is 12.1 Å². The van der Waals surface area contributed by atoms with Gasteiger partial charge in [0.25, 0.3) is 0 Å². The van der Waals surface area contributed by atoms with E-state index in [0.717, 1.165) is 29.8 Å². The van der Waals surface area contributed by atoms with Gasteiger partial charge < -0.3 is 5.32 Å². The molecule has 3 aliphatic carbocycles. The van der Waals surface area contributed by atoms with Gasteiger partial charge in [0.1, 0.15) is 0 Å². The summed E-state index contributed by atoms with van der Waals surface area (Å²) in [6.45, 7) is 2.44. The molecule has 2 fully saturated rings. The molecule has 4 rings (SSSR count). The van der Waals surface area contributed by atoms with E-state index < -0.39 is 0 Å². The van der Waals surface area contributed by atoms with Gasteiger partial charge in [-0.05, 0) is 67.4 Å². The van der Waals surface area contributed by atoms with Gasteiger partial charge in [-0.1, -0.05) is 37.6 Å². The molecule has 0 amide bonds. The molecule has 108 valence electrons. The van der Waals surface area contributed by atoms with Gasteiger partial charge in [-0.3, -0.25) is 0 Å². The van der Waals surface area contributed by atoms with E-state index in [2.05, 4.69) is 36.5 Å². The summed E-state index contributed by atoms with van der Waals surface area (Å²) in [5.41, 5.74) is 3.26. The van der Waals surface area contributed by atoms with Crippen LogP contribution in [0, 0.1) is 17.8 Å². The zero-order chi connectivity index (χ0) is 13.5. The predicted octanol–water partition coefficient (Wildman–Crippen LogP) is 3.96. The molecule has 20 heavy (non-hydrogen) atoms. The molecule has 0 radical (unpaired) electrons. The minimum atomic E-state index is 0.785. The van der Waals surface area contributed by atoms with Gasteiger partial charge in [0.05, 0.1) is 0 Å². The molecule has 1 aromatic rings. The first kappa shape index (κ1) is 12.9. The van der Waals surface area contributed by atoms with Crippen molar-refractivity contribution in [2.75, 3.05) is 0 Å². The lowest BCUT2D eigenvalue weighted by Crippen LogP contribution is -2.45. The standard InChI is InChI=1S/C19H27N/c1-13-5-4-8-18(13)20-19-16-9-10-17(19)12-15-7-3-2-6-14(15)11-16/h2-3,6-7,13,16-20H,4-5,8-12H2,1H3. The minimum absolute atomic E-state index is 0.785. The van der Waals surface area contributed by atoms with Crippen molar-refractivity contribution in [2.24, 2.45) is 17.8 Å². The lowest BCUT2D eigenvalue weighted by Gasteiger charge is -2.29. The Morgan fingerprint density at radius 1 is 0.900 bits per heavy atom. The lowest BCUT2D eigenvalue weighted by molar-refractivity contribution is 0.281. The Morgan fingerprint density at radius 2 is 1.55 bits per heavy atom. The maximum atomic E-state index is 4.10. The number of benzene rings is 1. The average Bonchev–Trinajstić information content (AvgIpc) is 2.95. The van der Waals surface area contributed by atoms with Crippen LogP contribution in [-0.2, 0) is 12.8 Å². The molecule has 1 nitrogen and oxygen atoms in total. The van der Waals surface area contributed by atoms with Crippen molar-refractivity contribution in [2.45, 2.75) is 64.0 Å². The summed E-state index contributed by atoms with van der Waals surface area (Å²) in [6, 6.07) is 10.8. The summed E-state index contributed by atoms with van der Waals surface area (Å²) in [6.07, 6.45) is 9.78. The van der Waals surface area contributed by atoms with E-state index in [1.54, 1.807) is 11.1 Å². The van der Waals surface area contributed by atoms with E-state index in [9.17, 15) is 0 Å². The van der Waals surface area contributed by atoms with Crippen LogP contribution in [0.5, 0.6) is 0 Å². The molecule has 4 unspecified atom stereocenters. The minimum Gasteiger partial charge on any atom is -0.310 e. The molecule has 2 bridgehead atoms. The lowest BCUT2D eigenvalue weighted by atomic mass is 9.93. The smallest absolute Gasteiger partial charge is 0.0133 e. The average molecular weight is 269 g/mol. The van der Waals surface area contributed by atoms with Crippen molar-refractivity contribution >= 4 is 0 Å². The molecule has 2 saturated carbocycles. The van der Waals surface area contributed by atoms with Gasteiger partial charge in [-0.2, -0.15) is 0 Å². The molecular weight excluding hydrogens is 242 g/mol. The van der Waals surface area contributed by atoms with Crippen LogP contribution in [0.3, 0.4) is 0 Å². The first-order valence-electron chi connectivity index (χ1n) is 8.64. The SMILES string of the molecule is CC1CCCC1NC1C2CCC1Cc1ccccc1C2. The molecule has 0 saturated heterocycles. The van der Waals surface area contributed by atoms with Gasteiger partial charge in [0.15, 0.2) is 0 Å². The second-order valence-corrected chi connectivity index (χ2v) is 7.48. The van der Waals surface area contributed by atoms with Crippen LogP contribution < -0.4 is 5.32 Å². The van der Waals surface area contributed by atoms with Crippen molar-refractivity contribution in [3.8, 4) is 0 Å². The molecule has 3 aliphatic rings. The summed E-state index contributed by atoms with van der Waals surface area (Å²) in [5.74, 6) is 2.66. The van der Waals surface area contributed by atoms with Gasteiger partial charge in [-0.25, -0.2) is 0 Å². The molecule has 4 atom stereocenters. The number of fused-ring (bicyclic) bond motifs is 3. The second kappa shape index (κ2) is 5.18. The Bertz CT molecular complexity index is 447. The van der Waals surface area contributed by atoms with Gasteiger partial charge in [-0.15, -0.1) is 0 Å². The quantitative estimate of drug-likeness (QED) is 0.857. The zero-order valence-corrected chi connectivity index (χ0v) is 12.6. The van der Waals surface area contributed by atoms with Crippen molar-refractivity contribution in [1.82, 2.24) is 5.32 Å². The number of hydrogen-bond donors (Lipinski definition) is 1. The Hall–Kier alpha value is -0.820. The van der Waals surface area contributed by atoms with Crippen LogP contribution in [0.1, 0.15) is 50.2 Å². The van der Waals surface area contributed by atoms with E-state index >= 15 is 0 Å². The molecule has 0 aromatic heterocycles. The number of hydrogen-bond acceptors (Lipinski definition) is 1. The van der Waals surface area contributed by atoms with E-state index in [1.165, 1.54) is 44.9 Å². The fourth-order valence-electron chi connectivity index (χ4n) is 5.06. The van der Waals surface area contributed by atoms with Gasteiger partial charge in [0.2, 0.25) is 0 Å². The van der Waals surface area contributed by atoms with E-state index in [1.807, 2.05) is 0 Å². The molecule has 0 aliphatic heterocycles. The molecule has 0 spiro atoms. The van der Waals surface area contributed by atoms with Gasteiger partial charge >= 0.3 is 0 Å². The summed E-state index contributed by atoms with van der Waals surface area (Å²) in [7, 11) is 0. The Balaban J connectivity index is 1.55. The van der Waals surface area contributed by atoms with Crippen LogP contribution in [0.2, 0.25) is 0 Å². The topological polar surface area (TPSA) is 12.0 Å². The third kappa shape index (κ3) is 2.20. The highest BCUT2D eigenvalue weighted by molar-refractivity contribution is 5.30. The van der Waals surface area contributed by atoms with E-state index in [-0.39, 0.29) is 0 Å². The van der Waals surface area contributed by atoms with Crippen LogP contribution >= 0.6 is 0 Å². The van der Waals surface area contributed by atoms with Crippen LogP contribution in [0.25, 0.3) is 0 Å². The predicted molar refractivity (Wildman–Crippen MR) is 83.8 cm³/mol. The van der Waals surface area contributed by atoms with Crippen LogP contribution in [0.15, 0.2) is 24.3 Å². The molecular formula is C19H27N. The van der Waals surface area contributed by atoms with E-state index in [0.29, 0.717) is 0 Å². The Kier molecular flexibility index (Phi) is 3.34. The third-order valence-electron chi connectivity index (χ3n) is 6.27. The van der Waals surface area contributed by atoms with Crippen molar-refractivity contribution in [3.05, 3.63) is 35.4 Å². The van der Waals surface area contributed by atoms with E-state index in [4.69, 9.17) is 0 Å². The highest BCUT2D eigenvalue weighted by atomic mass is 15.0. The summed E-state index contributed by atoms with van der Waals surface area (Å²) in [5, 5.41) is 4.10. The highest BCUT2D eigenvalue weighted by Gasteiger charge is 2.40. The Labute approximate surface area is 123 Å². The fourth-order valence-corrected chi connectivity index (χ4v) is 5.06. The zero-order valence-electron chi connectivity index (χ0n) is 12.6. The molecule has 0 heterocycles. The first-order valence-corrected chi connectivity index (χ1v) is 8.64. The fraction of sp³-hybridized carbons (Fsp3) is 0.684. The maximum Gasteiger partial charge on any atom is 0.0133 e. The third-order valence-corrected chi connectivity index (χ3v) is 6.27. The monoisotopic (exact) mass is 269 g/mol. The van der Waals surface area contributed by atoms with Crippen molar-refractivity contribution < 1.29 is 0 Å². The van der Waals surface area contributed by atoms with Crippen LogP contribution in [-0.4, -0.2) is 12.1 Å². The normalized spacial score (nSPS) is 39.5. The van der Waals surface area contributed by atoms with Crippen molar-refractivity contribution in [1.29, 1.82) is 0 Å².